The van der Waals surface area contributed by atoms with Crippen LogP contribution in [0.25, 0.3) is 0 Å². The molecule has 3 nitrogen and oxygen atoms in total. The van der Waals surface area contributed by atoms with E-state index in [1.807, 2.05) is 32.9 Å². The van der Waals surface area contributed by atoms with Gasteiger partial charge in [-0.25, -0.2) is 0 Å². The summed E-state index contributed by atoms with van der Waals surface area (Å²) in [6.45, 7) is 5.91. The average molecular weight is 272 g/mol. The number of ketones is 1. The average Bonchev–Trinajstić information content (AvgIpc) is 2.41. The highest BCUT2D eigenvalue weighted by atomic mass is 16.4. The van der Waals surface area contributed by atoms with Crippen molar-refractivity contribution < 1.29 is 14.7 Å². The summed E-state index contributed by atoms with van der Waals surface area (Å²) in [5.74, 6) is -1.97. The van der Waals surface area contributed by atoms with Crippen LogP contribution in [0.2, 0.25) is 0 Å². The van der Waals surface area contributed by atoms with Gasteiger partial charge in [-0.15, -0.1) is 0 Å². The molecular weight excluding hydrogens is 252 g/mol. The number of carbonyl (C=O) groups is 2. The highest BCUT2D eigenvalue weighted by Gasteiger charge is 2.37. The van der Waals surface area contributed by atoms with Crippen LogP contribution in [-0.4, -0.2) is 16.9 Å². The molecule has 0 heterocycles. The molecule has 0 radical (unpaired) electrons. The molecule has 1 aromatic rings. The third kappa shape index (κ3) is 2.82. The Hall–Kier alpha value is -1.90. The van der Waals surface area contributed by atoms with Gasteiger partial charge in [0.1, 0.15) is 0 Å². The van der Waals surface area contributed by atoms with E-state index in [0.717, 1.165) is 16.7 Å². The van der Waals surface area contributed by atoms with Gasteiger partial charge in [0.2, 0.25) is 0 Å². The van der Waals surface area contributed by atoms with Gasteiger partial charge >= 0.3 is 5.97 Å². The fourth-order valence-corrected chi connectivity index (χ4v) is 2.76. The summed E-state index contributed by atoms with van der Waals surface area (Å²) in [7, 11) is 0. The van der Waals surface area contributed by atoms with Crippen molar-refractivity contribution in [1.82, 2.24) is 0 Å². The maximum Gasteiger partial charge on any atom is 0.307 e. The van der Waals surface area contributed by atoms with Gasteiger partial charge < -0.3 is 5.11 Å². The molecule has 0 saturated heterocycles. The van der Waals surface area contributed by atoms with Crippen molar-refractivity contribution in [3.8, 4) is 0 Å². The molecule has 1 aromatic carbocycles. The molecule has 0 fully saturated rings. The first kappa shape index (κ1) is 14.5. The van der Waals surface area contributed by atoms with E-state index in [1.54, 1.807) is 12.1 Å². The number of aliphatic carboxylic acids is 1. The van der Waals surface area contributed by atoms with E-state index in [4.69, 9.17) is 0 Å². The van der Waals surface area contributed by atoms with Crippen LogP contribution >= 0.6 is 0 Å². The summed E-state index contributed by atoms with van der Waals surface area (Å²) in [5, 5.41) is 9.38. The van der Waals surface area contributed by atoms with Crippen molar-refractivity contribution in [3.05, 3.63) is 46.5 Å². The predicted octanol–water partition coefficient (Wildman–Crippen LogP) is 3.62. The highest BCUT2D eigenvalue weighted by Crippen LogP contribution is 2.36. The van der Waals surface area contributed by atoms with Gasteiger partial charge in [-0.2, -0.15) is 0 Å². The van der Waals surface area contributed by atoms with Gasteiger partial charge in [0, 0.05) is 11.5 Å². The number of aryl methyl sites for hydroxylation is 1. The van der Waals surface area contributed by atoms with Crippen molar-refractivity contribution in [2.75, 3.05) is 0 Å². The Morgan fingerprint density at radius 1 is 0.950 bits per heavy atom. The van der Waals surface area contributed by atoms with Crippen molar-refractivity contribution in [2.24, 2.45) is 11.8 Å². The third-order valence-corrected chi connectivity index (χ3v) is 4.26. The standard InChI is InChI=1S/C17H20O3/c1-10-4-6-13(7-5-10)16(18)14-8-11(2)12(3)9-15(14)17(19)20/h4-7,14-15H,8-9H2,1-3H3,(H,19,20)/t14-,15+/m0/s1. The smallest absolute Gasteiger partial charge is 0.307 e. The lowest BCUT2D eigenvalue weighted by atomic mass is 9.73. The number of carboxylic acids is 1. The second-order valence-electron chi connectivity index (χ2n) is 5.75. The van der Waals surface area contributed by atoms with Crippen molar-refractivity contribution >= 4 is 11.8 Å². The summed E-state index contributed by atoms with van der Waals surface area (Å²) >= 11 is 0. The number of allylic oxidation sites excluding steroid dienone is 2. The van der Waals surface area contributed by atoms with Gasteiger partial charge in [0.05, 0.1) is 5.92 Å². The van der Waals surface area contributed by atoms with Crippen LogP contribution in [0.15, 0.2) is 35.4 Å². The minimum absolute atomic E-state index is 0.0516. The second-order valence-corrected chi connectivity index (χ2v) is 5.75. The van der Waals surface area contributed by atoms with E-state index in [9.17, 15) is 14.7 Å². The first-order valence-electron chi connectivity index (χ1n) is 6.89. The molecule has 0 aromatic heterocycles. The summed E-state index contributed by atoms with van der Waals surface area (Å²) in [6.07, 6.45) is 1.03. The lowest BCUT2D eigenvalue weighted by molar-refractivity contribution is -0.143. The van der Waals surface area contributed by atoms with Crippen LogP contribution in [0.5, 0.6) is 0 Å². The van der Waals surface area contributed by atoms with E-state index < -0.39 is 17.8 Å². The summed E-state index contributed by atoms with van der Waals surface area (Å²) in [6, 6.07) is 7.35. The van der Waals surface area contributed by atoms with Crippen LogP contribution in [0.1, 0.15) is 42.6 Å². The zero-order valence-electron chi connectivity index (χ0n) is 12.1. The fraction of sp³-hybridized carbons (Fsp3) is 0.412. The van der Waals surface area contributed by atoms with Crippen LogP contribution in [0.4, 0.5) is 0 Å². The van der Waals surface area contributed by atoms with Crippen molar-refractivity contribution in [1.29, 1.82) is 0 Å². The Bertz CT molecular complexity index is 566. The Labute approximate surface area is 119 Å². The zero-order valence-corrected chi connectivity index (χ0v) is 12.1. The molecule has 2 atom stereocenters. The molecule has 0 spiro atoms. The molecule has 3 heteroatoms. The van der Waals surface area contributed by atoms with E-state index >= 15 is 0 Å². The Morgan fingerprint density at radius 2 is 1.45 bits per heavy atom. The predicted molar refractivity (Wildman–Crippen MR) is 77.7 cm³/mol. The SMILES string of the molecule is CC1=C(C)C[C@@H](C(=O)O)[C@@H](C(=O)c2ccc(C)cc2)C1. The highest BCUT2D eigenvalue weighted by molar-refractivity contribution is 6.00. The van der Waals surface area contributed by atoms with Gasteiger partial charge in [0.15, 0.2) is 5.78 Å². The molecule has 1 aliphatic carbocycles. The minimum Gasteiger partial charge on any atom is -0.481 e. The number of Topliss-reactive ketones (excluding diaryl/α,β-unsaturated/α-hetero) is 1. The maximum absolute atomic E-state index is 12.6. The first-order chi connectivity index (χ1) is 9.40. The molecule has 1 aliphatic rings. The zero-order chi connectivity index (χ0) is 14.9. The van der Waals surface area contributed by atoms with Crippen LogP contribution in [0.3, 0.4) is 0 Å². The van der Waals surface area contributed by atoms with Crippen LogP contribution in [-0.2, 0) is 4.79 Å². The number of hydrogen-bond donors (Lipinski definition) is 1. The van der Waals surface area contributed by atoms with Crippen molar-refractivity contribution in [2.45, 2.75) is 33.6 Å². The minimum atomic E-state index is -0.873. The Kier molecular flexibility index (Phi) is 4.07. The van der Waals surface area contributed by atoms with E-state index in [-0.39, 0.29) is 5.78 Å². The number of benzene rings is 1. The second kappa shape index (κ2) is 5.61. The molecule has 106 valence electrons. The molecule has 0 unspecified atom stereocenters. The lowest BCUT2D eigenvalue weighted by Crippen LogP contribution is -2.33. The van der Waals surface area contributed by atoms with Gasteiger partial charge in [-0.05, 0) is 33.6 Å². The molecule has 1 N–H and O–H groups in total. The van der Waals surface area contributed by atoms with E-state index in [0.29, 0.717) is 18.4 Å². The van der Waals surface area contributed by atoms with E-state index in [2.05, 4.69) is 0 Å². The summed E-state index contributed by atoms with van der Waals surface area (Å²) in [5.41, 5.74) is 3.95. The van der Waals surface area contributed by atoms with Gasteiger partial charge in [-0.1, -0.05) is 41.0 Å². The normalized spacial score (nSPS) is 22.8. The third-order valence-electron chi connectivity index (χ3n) is 4.26. The monoisotopic (exact) mass is 272 g/mol. The van der Waals surface area contributed by atoms with E-state index in [1.165, 1.54) is 0 Å². The summed E-state index contributed by atoms with van der Waals surface area (Å²) < 4.78 is 0. The van der Waals surface area contributed by atoms with Crippen LogP contribution < -0.4 is 0 Å². The van der Waals surface area contributed by atoms with Gasteiger partial charge in [0.25, 0.3) is 0 Å². The number of rotatable bonds is 3. The number of hydrogen-bond acceptors (Lipinski definition) is 2. The number of carboxylic acid groups (broad SMARTS) is 1. The topological polar surface area (TPSA) is 54.4 Å². The fourth-order valence-electron chi connectivity index (χ4n) is 2.76. The molecular formula is C17H20O3. The summed E-state index contributed by atoms with van der Waals surface area (Å²) in [4.78, 5) is 24.0. The maximum atomic E-state index is 12.6. The first-order valence-corrected chi connectivity index (χ1v) is 6.89. The molecule has 0 aliphatic heterocycles. The lowest BCUT2D eigenvalue weighted by Gasteiger charge is -2.29. The van der Waals surface area contributed by atoms with Crippen molar-refractivity contribution in [3.63, 3.8) is 0 Å². The largest absolute Gasteiger partial charge is 0.481 e. The molecule has 0 amide bonds. The number of carbonyl (C=O) groups excluding carboxylic acids is 1. The molecule has 0 saturated carbocycles. The molecule has 2 rings (SSSR count). The van der Waals surface area contributed by atoms with Crippen LogP contribution in [0, 0.1) is 18.8 Å². The molecule has 20 heavy (non-hydrogen) atoms. The quantitative estimate of drug-likeness (QED) is 0.675. The van der Waals surface area contributed by atoms with Gasteiger partial charge in [-0.3, -0.25) is 9.59 Å². The Morgan fingerprint density at radius 3 is 1.95 bits per heavy atom. The Balaban J connectivity index is 2.31. The molecule has 0 bridgehead atoms.